The summed E-state index contributed by atoms with van der Waals surface area (Å²) in [5.41, 5.74) is 2.14. The molecule has 2 N–H and O–H groups in total. The summed E-state index contributed by atoms with van der Waals surface area (Å²) in [7, 11) is 1.70. The quantitative estimate of drug-likeness (QED) is 0.690. The predicted octanol–water partition coefficient (Wildman–Crippen LogP) is 1.64. The van der Waals surface area contributed by atoms with Gasteiger partial charge in [-0.05, 0) is 12.1 Å². The van der Waals surface area contributed by atoms with Crippen molar-refractivity contribution in [2.75, 3.05) is 25.6 Å². The van der Waals surface area contributed by atoms with E-state index in [9.17, 15) is 0 Å². The largest absolute Gasteiger partial charge is 0.383 e. The molecule has 0 aliphatic heterocycles. The molecule has 90 valence electrons. The fraction of sp³-hybridized carbons (Fsp3) is 0.583. The first-order valence-corrected chi connectivity index (χ1v) is 5.63. The van der Waals surface area contributed by atoms with E-state index < -0.39 is 0 Å². The summed E-state index contributed by atoms with van der Waals surface area (Å²) < 4.78 is 4.98. The van der Waals surface area contributed by atoms with E-state index in [0.29, 0.717) is 12.6 Å². The van der Waals surface area contributed by atoms with Gasteiger partial charge in [0.1, 0.15) is 0 Å². The molecule has 0 atom stereocenters. The maximum absolute atomic E-state index is 4.98. The third-order valence-corrected chi connectivity index (χ3v) is 2.14. The lowest BCUT2D eigenvalue weighted by Crippen LogP contribution is -2.22. The average molecular weight is 223 g/mol. The smallest absolute Gasteiger partial charge is 0.0635 e. The van der Waals surface area contributed by atoms with Crippen LogP contribution < -0.4 is 10.6 Å². The van der Waals surface area contributed by atoms with Crippen LogP contribution in [-0.4, -0.2) is 31.3 Å². The number of nitrogens with one attached hydrogen (secondary N) is 2. The van der Waals surface area contributed by atoms with Gasteiger partial charge in [-0.2, -0.15) is 0 Å². The van der Waals surface area contributed by atoms with Gasteiger partial charge in [0.15, 0.2) is 0 Å². The zero-order valence-corrected chi connectivity index (χ0v) is 10.3. The molecule has 0 aliphatic rings. The average Bonchev–Trinajstić information content (AvgIpc) is 2.27. The topological polar surface area (TPSA) is 46.2 Å². The Bertz CT molecular complexity index is 302. The van der Waals surface area contributed by atoms with Gasteiger partial charge in [-0.3, -0.25) is 4.98 Å². The van der Waals surface area contributed by atoms with Gasteiger partial charge in [0.05, 0.1) is 12.3 Å². The molecule has 1 heterocycles. The van der Waals surface area contributed by atoms with Gasteiger partial charge in [-0.1, -0.05) is 13.8 Å². The number of nitrogens with zero attached hydrogens (tertiary/aromatic N) is 1. The van der Waals surface area contributed by atoms with Gasteiger partial charge in [0, 0.05) is 38.1 Å². The third-order valence-electron chi connectivity index (χ3n) is 2.14. The molecule has 0 fully saturated rings. The Kier molecular flexibility index (Phi) is 5.82. The van der Waals surface area contributed by atoms with E-state index in [-0.39, 0.29) is 0 Å². The summed E-state index contributed by atoms with van der Waals surface area (Å²) in [4.78, 5) is 4.31. The molecule has 4 heteroatoms. The minimum Gasteiger partial charge on any atom is -0.383 e. The number of hydrogen-bond acceptors (Lipinski definition) is 4. The van der Waals surface area contributed by atoms with Crippen molar-refractivity contribution < 1.29 is 4.74 Å². The molecule has 0 bridgehead atoms. The molecular formula is C12H21N3O. The number of aromatic nitrogens is 1. The molecule has 16 heavy (non-hydrogen) atoms. The Morgan fingerprint density at radius 3 is 2.94 bits per heavy atom. The lowest BCUT2D eigenvalue weighted by molar-refractivity contribution is 0.211. The summed E-state index contributed by atoms with van der Waals surface area (Å²) in [6.45, 7) is 6.58. The van der Waals surface area contributed by atoms with E-state index in [1.54, 1.807) is 7.11 Å². The van der Waals surface area contributed by atoms with Crippen molar-refractivity contribution in [3.63, 3.8) is 0 Å². The molecule has 0 radical (unpaired) electrons. The highest BCUT2D eigenvalue weighted by molar-refractivity contribution is 5.43. The highest BCUT2D eigenvalue weighted by atomic mass is 16.5. The highest BCUT2D eigenvalue weighted by Gasteiger charge is 1.98. The third kappa shape index (κ3) is 5.09. The van der Waals surface area contributed by atoms with Crippen LogP contribution in [-0.2, 0) is 11.3 Å². The molecule has 0 unspecified atom stereocenters. The van der Waals surface area contributed by atoms with Crippen LogP contribution in [0, 0.1) is 0 Å². The van der Waals surface area contributed by atoms with E-state index in [1.165, 1.54) is 0 Å². The van der Waals surface area contributed by atoms with Gasteiger partial charge in [0.2, 0.25) is 0 Å². The van der Waals surface area contributed by atoms with Gasteiger partial charge in [-0.25, -0.2) is 0 Å². The van der Waals surface area contributed by atoms with Crippen molar-refractivity contribution in [2.24, 2.45) is 0 Å². The Labute approximate surface area is 97.4 Å². The van der Waals surface area contributed by atoms with Crippen molar-refractivity contribution in [2.45, 2.75) is 26.4 Å². The lowest BCUT2D eigenvalue weighted by atomic mass is 10.3. The molecular weight excluding hydrogens is 202 g/mol. The maximum Gasteiger partial charge on any atom is 0.0635 e. The van der Waals surface area contributed by atoms with Crippen LogP contribution in [0.2, 0.25) is 0 Å². The highest BCUT2D eigenvalue weighted by Crippen LogP contribution is 2.07. The van der Waals surface area contributed by atoms with Gasteiger partial charge in [-0.15, -0.1) is 0 Å². The number of ether oxygens (including phenoxy) is 1. The van der Waals surface area contributed by atoms with Crippen molar-refractivity contribution >= 4 is 5.69 Å². The van der Waals surface area contributed by atoms with E-state index in [4.69, 9.17) is 4.74 Å². The minimum absolute atomic E-state index is 0.479. The monoisotopic (exact) mass is 223 g/mol. The van der Waals surface area contributed by atoms with Gasteiger partial charge < -0.3 is 15.4 Å². The predicted molar refractivity (Wildman–Crippen MR) is 66.6 cm³/mol. The molecule has 0 aromatic carbocycles. The van der Waals surface area contributed by atoms with Crippen LogP contribution in [0.5, 0.6) is 0 Å². The number of pyridine rings is 1. The summed E-state index contributed by atoms with van der Waals surface area (Å²) in [6.07, 6.45) is 1.83. The van der Waals surface area contributed by atoms with Crippen LogP contribution >= 0.6 is 0 Å². The Morgan fingerprint density at radius 2 is 2.25 bits per heavy atom. The van der Waals surface area contributed by atoms with Crippen LogP contribution in [0.15, 0.2) is 18.3 Å². The number of rotatable bonds is 7. The normalized spacial score (nSPS) is 10.8. The summed E-state index contributed by atoms with van der Waals surface area (Å²) >= 11 is 0. The van der Waals surface area contributed by atoms with Crippen molar-refractivity contribution in [1.29, 1.82) is 0 Å². The van der Waals surface area contributed by atoms with Gasteiger partial charge in [0.25, 0.3) is 0 Å². The maximum atomic E-state index is 4.98. The van der Waals surface area contributed by atoms with Crippen molar-refractivity contribution in [3.05, 3.63) is 24.0 Å². The second-order valence-corrected chi connectivity index (χ2v) is 3.99. The molecule has 4 nitrogen and oxygen atoms in total. The first kappa shape index (κ1) is 12.9. The van der Waals surface area contributed by atoms with E-state index >= 15 is 0 Å². The van der Waals surface area contributed by atoms with Crippen LogP contribution in [0.1, 0.15) is 19.5 Å². The minimum atomic E-state index is 0.479. The molecule has 1 aromatic heterocycles. The van der Waals surface area contributed by atoms with E-state index in [0.717, 1.165) is 24.5 Å². The fourth-order valence-corrected chi connectivity index (χ4v) is 1.29. The molecule has 0 saturated heterocycles. The Hall–Kier alpha value is -1.13. The second kappa shape index (κ2) is 7.19. The Balaban J connectivity index is 2.43. The lowest BCUT2D eigenvalue weighted by Gasteiger charge is -2.09. The number of hydrogen-bond donors (Lipinski definition) is 2. The van der Waals surface area contributed by atoms with Gasteiger partial charge >= 0.3 is 0 Å². The molecule has 0 aliphatic carbocycles. The summed E-state index contributed by atoms with van der Waals surface area (Å²) in [5.74, 6) is 0. The van der Waals surface area contributed by atoms with Crippen molar-refractivity contribution in [3.8, 4) is 0 Å². The summed E-state index contributed by atoms with van der Waals surface area (Å²) in [5, 5.41) is 6.62. The SMILES string of the molecule is COCCNc1ccnc(CNC(C)C)c1. The number of methoxy groups -OCH3 is 1. The Morgan fingerprint density at radius 1 is 1.44 bits per heavy atom. The zero-order valence-electron chi connectivity index (χ0n) is 10.3. The first-order valence-electron chi connectivity index (χ1n) is 5.63. The molecule has 0 amide bonds. The number of anilines is 1. The molecule has 0 saturated carbocycles. The summed E-state index contributed by atoms with van der Waals surface area (Å²) in [6, 6.07) is 4.51. The second-order valence-electron chi connectivity index (χ2n) is 3.99. The van der Waals surface area contributed by atoms with Crippen LogP contribution in [0.25, 0.3) is 0 Å². The molecule has 1 aromatic rings. The molecule has 0 spiro atoms. The van der Waals surface area contributed by atoms with E-state index in [1.807, 2.05) is 12.3 Å². The fourth-order valence-electron chi connectivity index (χ4n) is 1.29. The van der Waals surface area contributed by atoms with E-state index in [2.05, 4.69) is 35.5 Å². The molecule has 1 rings (SSSR count). The van der Waals surface area contributed by atoms with Crippen molar-refractivity contribution in [1.82, 2.24) is 10.3 Å². The first-order chi connectivity index (χ1) is 7.72. The van der Waals surface area contributed by atoms with Crippen LogP contribution in [0.3, 0.4) is 0 Å². The van der Waals surface area contributed by atoms with Crippen LogP contribution in [0.4, 0.5) is 5.69 Å². The standard InChI is InChI=1S/C12H21N3O/c1-10(2)15-9-12-8-11(4-5-13-12)14-6-7-16-3/h4-5,8,10,15H,6-7,9H2,1-3H3,(H,13,14). The zero-order chi connectivity index (χ0) is 11.8.